The van der Waals surface area contributed by atoms with Crippen molar-refractivity contribution in [3.8, 4) is 0 Å². The van der Waals surface area contributed by atoms with Gasteiger partial charge in [-0.1, -0.05) is 49.6 Å². The molecule has 0 aliphatic carbocycles. The fourth-order valence-corrected chi connectivity index (χ4v) is 4.76. The zero-order valence-corrected chi connectivity index (χ0v) is 17.8. The molecule has 6 heteroatoms. The fourth-order valence-electron chi connectivity index (χ4n) is 2.41. The molecule has 0 spiro atoms. The molecule has 152 valence electrons. The van der Waals surface area contributed by atoms with Crippen LogP contribution in [-0.2, 0) is 14.3 Å². The molecule has 0 atom stereocenters. The van der Waals surface area contributed by atoms with Crippen LogP contribution in [0.1, 0.15) is 0 Å². The van der Waals surface area contributed by atoms with Crippen LogP contribution in [0.2, 0.25) is 0 Å². The van der Waals surface area contributed by atoms with Gasteiger partial charge >= 0.3 is 5.97 Å². The molecular weight excluding hydrogens is 402 g/mol. The van der Waals surface area contributed by atoms with Crippen LogP contribution in [0.15, 0.2) is 95.8 Å². The molecule has 0 saturated carbocycles. The SMILES string of the molecule is C=CC(=O)NCC(COC(=O)C=C)(CSc1ccccc1)CSc1ccccc1. The first-order valence-corrected chi connectivity index (χ1v) is 11.1. The number of esters is 1. The van der Waals surface area contributed by atoms with Crippen molar-refractivity contribution in [2.24, 2.45) is 5.41 Å². The van der Waals surface area contributed by atoms with E-state index in [4.69, 9.17) is 4.74 Å². The average molecular weight is 428 g/mol. The van der Waals surface area contributed by atoms with Crippen LogP contribution >= 0.6 is 23.5 Å². The zero-order chi connectivity index (χ0) is 21.0. The smallest absolute Gasteiger partial charge is 0.330 e. The van der Waals surface area contributed by atoms with E-state index in [0.717, 1.165) is 15.9 Å². The van der Waals surface area contributed by atoms with Crippen LogP contribution in [0.25, 0.3) is 0 Å². The third-order valence-corrected chi connectivity index (χ3v) is 6.81. The molecular formula is C23H25NO3S2. The summed E-state index contributed by atoms with van der Waals surface area (Å²) >= 11 is 3.35. The quantitative estimate of drug-likeness (QED) is 0.305. The van der Waals surface area contributed by atoms with E-state index in [-0.39, 0.29) is 12.5 Å². The molecule has 0 aliphatic rings. The lowest BCUT2D eigenvalue weighted by Gasteiger charge is -2.33. The van der Waals surface area contributed by atoms with Crippen molar-refractivity contribution in [3.05, 3.63) is 86.0 Å². The predicted molar refractivity (Wildman–Crippen MR) is 121 cm³/mol. The van der Waals surface area contributed by atoms with Gasteiger partial charge in [-0.05, 0) is 30.3 Å². The number of carbonyl (C=O) groups excluding carboxylic acids is 2. The van der Waals surface area contributed by atoms with E-state index in [1.54, 1.807) is 23.5 Å². The maximum absolute atomic E-state index is 11.8. The third kappa shape index (κ3) is 8.21. The van der Waals surface area contributed by atoms with Crippen molar-refractivity contribution < 1.29 is 14.3 Å². The number of hydrogen-bond acceptors (Lipinski definition) is 5. The van der Waals surface area contributed by atoms with Crippen LogP contribution in [0.5, 0.6) is 0 Å². The summed E-state index contributed by atoms with van der Waals surface area (Å²) in [5, 5.41) is 2.89. The Morgan fingerprint density at radius 3 is 1.86 bits per heavy atom. The van der Waals surface area contributed by atoms with Crippen LogP contribution in [0.4, 0.5) is 0 Å². The molecule has 0 heterocycles. The summed E-state index contributed by atoms with van der Waals surface area (Å²) in [6.07, 6.45) is 2.40. The number of rotatable bonds is 12. The van der Waals surface area contributed by atoms with Gasteiger partial charge in [0.05, 0.1) is 0 Å². The number of benzene rings is 2. The Balaban J connectivity index is 2.20. The van der Waals surface area contributed by atoms with Gasteiger partial charge in [0, 0.05) is 39.3 Å². The monoisotopic (exact) mass is 427 g/mol. The minimum Gasteiger partial charge on any atom is -0.462 e. The van der Waals surface area contributed by atoms with Crippen molar-refractivity contribution in [3.63, 3.8) is 0 Å². The number of hydrogen-bond donors (Lipinski definition) is 1. The van der Waals surface area contributed by atoms with E-state index >= 15 is 0 Å². The lowest BCUT2D eigenvalue weighted by Crippen LogP contribution is -2.44. The lowest BCUT2D eigenvalue weighted by molar-refractivity contribution is -0.140. The second-order valence-electron chi connectivity index (χ2n) is 6.44. The Morgan fingerprint density at radius 2 is 1.41 bits per heavy atom. The highest BCUT2D eigenvalue weighted by molar-refractivity contribution is 8.00. The van der Waals surface area contributed by atoms with Gasteiger partial charge in [-0.25, -0.2) is 4.79 Å². The number of carbonyl (C=O) groups is 2. The normalized spacial score (nSPS) is 10.8. The maximum Gasteiger partial charge on any atom is 0.330 e. The number of nitrogens with one attached hydrogen (secondary N) is 1. The molecule has 2 rings (SSSR count). The van der Waals surface area contributed by atoms with Gasteiger partial charge in [-0.3, -0.25) is 4.79 Å². The molecule has 0 unspecified atom stereocenters. The van der Waals surface area contributed by atoms with E-state index in [2.05, 4.69) is 18.5 Å². The first kappa shape index (κ1) is 22.8. The van der Waals surface area contributed by atoms with Crippen molar-refractivity contribution in [2.45, 2.75) is 9.79 Å². The van der Waals surface area contributed by atoms with Crippen molar-refractivity contribution in [1.82, 2.24) is 5.32 Å². The summed E-state index contributed by atoms with van der Waals surface area (Å²) in [4.78, 5) is 25.8. The Hall–Kier alpha value is -2.44. The highest BCUT2D eigenvalue weighted by atomic mass is 32.2. The van der Waals surface area contributed by atoms with Gasteiger partial charge in [-0.2, -0.15) is 0 Å². The van der Waals surface area contributed by atoms with E-state index in [0.29, 0.717) is 18.1 Å². The first-order valence-electron chi connectivity index (χ1n) is 9.12. The van der Waals surface area contributed by atoms with Crippen LogP contribution in [-0.4, -0.2) is 36.5 Å². The molecule has 0 radical (unpaired) electrons. The first-order chi connectivity index (χ1) is 14.1. The summed E-state index contributed by atoms with van der Waals surface area (Å²) in [7, 11) is 0. The van der Waals surface area contributed by atoms with Gasteiger partial charge in [0.2, 0.25) is 5.91 Å². The van der Waals surface area contributed by atoms with Gasteiger partial charge in [0.25, 0.3) is 0 Å². The van der Waals surface area contributed by atoms with Crippen LogP contribution in [0, 0.1) is 5.41 Å². The molecule has 2 aromatic carbocycles. The molecule has 0 bridgehead atoms. The van der Waals surface area contributed by atoms with Crippen LogP contribution < -0.4 is 5.32 Å². The van der Waals surface area contributed by atoms with E-state index in [9.17, 15) is 9.59 Å². The van der Waals surface area contributed by atoms with Crippen molar-refractivity contribution in [2.75, 3.05) is 24.7 Å². The van der Waals surface area contributed by atoms with E-state index in [1.165, 1.54) is 6.08 Å². The Labute approximate surface area is 180 Å². The molecule has 0 saturated heterocycles. The summed E-state index contributed by atoms with van der Waals surface area (Å²) in [6.45, 7) is 7.52. The van der Waals surface area contributed by atoms with Gasteiger partial charge in [0.1, 0.15) is 6.61 Å². The molecule has 0 aliphatic heterocycles. The van der Waals surface area contributed by atoms with Crippen molar-refractivity contribution >= 4 is 35.4 Å². The van der Waals surface area contributed by atoms with Gasteiger partial charge in [-0.15, -0.1) is 23.5 Å². The highest BCUT2D eigenvalue weighted by Crippen LogP contribution is 2.34. The number of thioether (sulfide) groups is 2. The standard InChI is InChI=1S/C23H25NO3S2/c1-3-21(25)24-15-23(16-27-22(26)4-2,17-28-19-11-7-5-8-12-19)18-29-20-13-9-6-10-14-20/h3-14H,1-2,15-18H2,(H,24,25). The number of ether oxygens (including phenoxy) is 1. The molecule has 1 N–H and O–H groups in total. The molecule has 29 heavy (non-hydrogen) atoms. The highest BCUT2D eigenvalue weighted by Gasteiger charge is 2.33. The summed E-state index contributed by atoms with van der Waals surface area (Å²) in [5.74, 6) is 0.606. The minimum absolute atomic E-state index is 0.176. The van der Waals surface area contributed by atoms with Crippen molar-refractivity contribution in [1.29, 1.82) is 0 Å². The molecule has 0 fully saturated rings. The van der Waals surface area contributed by atoms with E-state index < -0.39 is 11.4 Å². The lowest BCUT2D eigenvalue weighted by atomic mass is 9.94. The van der Waals surface area contributed by atoms with Gasteiger partial charge < -0.3 is 10.1 Å². The second-order valence-corrected chi connectivity index (χ2v) is 8.53. The van der Waals surface area contributed by atoms with Gasteiger partial charge in [0.15, 0.2) is 0 Å². The Morgan fingerprint density at radius 1 is 0.897 bits per heavy atom. The molecule has 2 aromatic rings. The summed E-state index contributed by atoms with van der Waals surface area (Å²) in [5.41, 5.74) is -0.474. The average Bonchev–Trinajstić information content (AvgIpc) is 2.79. The van der Waals surface area contributed by atoms with Crippen LogP contribution in [0.3, 0.4) is 0 Å². The molecule has 4 nitrogen and oxygen atoms in total. The largest absolute Gasteiger partial charge is 0.462 e. The Kier molecular flexibility index (Phi) is 9.60. The summed E-state index contributed by atoms with van der Waals surface area (Å²) < 4.78 is 5.44. The predicted octanol–water partition coefficient (Wildman–Crippen LogP) is 4.59. The Bertz CT molecular complexity index is 740. The third-order valence-electron chi connectivity index (χ3n) is 4.09. The zero-order valence-electron chi connectivity index (χ0n) is 16.2. The molecule has 0 aromatic heterocycles. The second kappa shape index (κ2) is 12.2. The molecule has 1 amide bonds. The summed E-state index contributed by atoms with van der Waals surface area (Å²) in [6, 6.07) is 20.0. The maximum atomic E-state index is 11.8. The number of amides is 1. The topological polar surface area (TPSA) is 55.4 Å². The van der Waals surface area contributed by atoms with E-state index in [1.807, 2.05) is 60.7 Å². The minimum atomic E-state index is -0.474. The fraction of sp³-hybridized carbons (Fsp3) is 0.217.